The summed E-state index contributed by atoms with van der Waals surface area (Å²) in [6, 6.07) is 6.25. The Balaban J connectivity index is 2.25. The molecule has 0 saturated heterocycles. The molecule has 0 saturated carbocycles. The molecule has 1 aromatic heterocycles. The van der Waals surface area contributed by atoms with Crippen molar-refractivity contribution in [1.29, 1.82) is 0 Å². The number of rotatable bonds is 7. The number of hydrogen-bond acceptors (Lipinski definition) is 2. The molecule has 0 aliphatic carbocycles. The number of imidazole rings is 1. The normalized spacial score (nSPS) is 11.3. The Morgan fingerprint density at radius 3 is 2.95 bits per heavy atom. The van der Waals surface area contributed by atoms with Gasteiger partial charge in [-0.3, -0.25) is 0 Å². The molecule has 1 aromatic carbocycles. The van der Waals surface area contributed by atoms with Crippen molar-refractivity contribution in [1.82, 2.24) is 9.55 Å². The molecule has 0 unspecified atom stereocenters. The Bertz CT molecular complexity index is 541. The minimum Gasteiger partial charge on any atom is -0.328 e. The third kappa shape index (κ3) is 3.89. The quantitative estimate of drug-likeness (QED) is 0.524. The highest BCUT2D eigenvalue weighted by Crippen LogP contribution is 2.22. The van der Waals surface area contributed by atoms with Gasteiger partial charge in [0.2, 0.25) is 0 Å². The molecular weight excluding hydrogens is 344 g/mol. The zero-order chi connectivity index (χ0) is 13.7. The van der Waals surface area contributed by atoms with Gasteiger partial charge in [-0.05, 0) is 43.0 Å². The molecule has 19 heavy (non-hydrogen) atoms. The molecule has 0 amide bonds. The van der Waals surface area contributed by atoms with Crippen molar-refractivity contribution in [2.45, 2.75) is 25.8 Å². The van der Waals surface area contributed by atoms with Crippen LogP contribution in [-0.4, -0.2) is 27.4 Å². The molecule has 5 heteroatoms. The first kappa shape index (κ1) is 15.2. The van der Waals surface area contributed by atoms with Gasteiger partial charge in [0.15, 0.2) is 0 Å². The molecule has 2 aromatic rings. The number of benzene rings is 1. The number of fused-ring (bicyclic) bond motifs is 1. The number of halogens is 2. The van der Waals surface area contributed by atoms with Crippen molar-refractivity contribution < 1.29 is 0 Å². The molecule has 104 valence electrons. The van der Waals surface area contributed by atoms with Crippen molar-refractivity contribution in [2.75, 3.05) is 17.9 Å². The van der Waals surface area contributed by atoms with Crippen LogP contribution in [0.25, 0.3) is 11.0 Å². The minimum absolute atomic E-state index is 0.620. The Hall–Kier alpha value is -0.190. The molecule has 2 nitrogen and oxygen atoms in total. The Kier molecular flexibility index (Phi) is 6.05. The topological polar surface area (TPSA) is 17.8 Å². The largest absolute Gasteiger partial charge is 0.328 e. The molecule has 2 rings (SSSR count). The molecule has 0 radical (unpaired) electrons. The molecule has 0 aliphatic rings. The molecule has 0 bridgehead atoms. The second-order valence-corrected chi connectivity index (χ2v) is 6.73. The number of unbranched alkanes of at least 4 members (excludes halogenated alkanes) is 1. The fourth-order valence-electron chi connectivity index (χ4n) is 2.19. The highest BCUT2D eigenvalue weighted by molar-refractivity contribution is 9.10. The summed E-state index contributed by atoms with van der Waals surface area (Å²) in [5.74, 6) is 2.95. The van der Waals surface area contributed by atoms with Crippen molar-refractivity contribution in [3.63, 3.8) is 0 Å². The minimum atomic E-state index is 0.620. The zero-order valence-electron chi connectivity index (χ0n) is 11.0. The van der Waals surface area contributed by atoms with E-state index in [0.717, 1.165) is 28.8 Å². The summed E-state index contributed by atoms with van der Waals surface area (Å²) in [4.78, 5) is 4.69. The molecule has 0 spiro atoms. The van der Waals surface area contributed by atoms with Crippen LogP contribution in [0.3, 0.4) is 0 Å². The van der Waals surface area contributed by atoms with Crippen LogP contribution in [0.4, 0.5) is 0 Å². The Morgan fingerprint density at radius 2 is 2.21 bits per heavy atom. The maximum absolute atomic E-state index is 5.88. The molecule has 1 heterocycles. The summed E-state index contributed by atoms with van der Waals surface area (Å²) in [5, 5.41) is 0. The van der Waals surface area contributed by atoms with E-state index in [-0.39, 0.29) is 0 Å². The van der Waals surface area contributed by atoms with Crippen LogP contribution in [0, 0.1) is 0 Å². The number of thioether (sulfide) groups is 1. The summed E-state index contributed by atoms with van der Waals surface area (Å²) < 4.78 is 3.42. The van der Waals surface area contributed by atoms with E-state index >= 15 is 0 Å². The summed E-state index contributed by atoms with van der Waals surface area (Å²) in [7, 11) is 0. The fourth-order valence-corrected chi connectivity index (χ4v) is 3.20. The summed E-state index contributed by atoms with van der Waals surface area (Å²) in [6.45, 7) is 1.03. The first-order chi connectivity index (χ1) is 9.26. The van der Waals surface area contributed by atoms with Crippen LogP contribution < -0.4 is 0 Å². The zero-order valence-corrected chi connectivity index (χ0v) is 14.2. The third-order valence-corrected chi connectivity index (χ3v) is 4.47. The van der Waals surface area contributed by atoms with Crippen molar-refractivity contribution in [3.05, 3.63) is 28.5 Å². The van der Waals surface area contributed by atoms with Crippen LogP contribution in [-0.2, 0) is 13.0 Å². The maximum Gasteiger partial charge on any atom is 0.111 e. The lowest BCUT2D eigenvalue weighted by molar-refractivity contribution is 0.623. The van der Waals surface area contributed by atoms with Gasteiger partial charge < -0.3 is 4.57 Å². The summed E-state index contributed by atoms with van der Waals surface area (Å²) in [5.41, 5.74) is 2.27. The number of aryl methyl sites for hydroxylation is 2. The first-order valence-corrected chi connectivity index (χ1v) is 9.18. The lowest BCUT2D eigenvalue weighted by atomic mass is 10.3. The number of aromatic nitrogens is 2. The van der Waals surface area contributed by atoms with E-state index in [0.29, 0.717) is 5.88 Å². The van der Waals surface area contributed by atoms with Crippen molar-refractivity contribution in [3.8, 4) is 0 Å². The lowest BCUT2D eigenvalue weighted by Crippen LogP contribution is -2.05. The highest BCUT2D eigenvalue weighted by atomic mass is 79.9. The Labute approximate surface area is 132 Å². The molecule has 0 atom stereocenters. The van der Waals surface area contributed by atoms with Gasteiger partial charge in [0, 0.05) is 23.3 Å². The van der Waals surface area contributed by atoms with E-state index in [9.17, 15) is 0 Å². The fraction of sp³-hybridized carbons (Fsp3) is 0.500. The van der Waals surface area contributed by atoms with Crippen LogP contribution in [0.5, 0.6) is 0 Å². The van der Waals surface area contributed by atoms with Gasteiger partial charge in [-0.2, -0.15) is 11.8 Å². The highest BCUT2D eigenvalue weighted by Gasteiger charge is 2.10. The molecular formula is C14H18BrClN2S. The average molecular weight is 362 g/mol. The second-order valence-electron chi connectivity index (χ2n) is 4.45. The van der Waals surface area contributed by atoms with Crippen LogP contribution in [0.2, 0.25) is 0 Å². The predicted molar refractivity (Wildman–Crippen MR) is 89.5 cm³/mol. The van der Waals surface area contributed by atoms with Gasteiger partial charge >= 0.3 is 0 Å². The van der Waals surface area contributed by atoms with E-state index in [1.54, 1.807) is 0 Å². The van der Waals surface area contributed by atoms with Gasteiger partial charge in [0.05, 0.1) is 11.0 Å². The van der Waals surface area contributed by atoms with Gasteiger partial charge in [0.1, 0.15) is 5.82 Å². The SMILES string of the molecule is CSCCCCn1c(CCCl)nc2ccc(Br)cc21. The average Bonchev–Trinajstić information content (AvgIpc) is 2.73. The van der Waals surface area contributed by atoms with Gasteiger partial charge in [0.25, 0.3) is 0 Å². The number of nitrogens with zero attached hydrogens (tertiary/aromatic N) is 2. The number of alkyl halides is 1. The Morgan fingerprint density at radius 1 is 1.37 bits per heavy atom. The van der Waals surface area contributed by atoms with E-state index < -0.39 is 0 Å². The van der Waals surface area contributed by atoms with Gasteiger partial charge in [-0.15, -0.1) is 11.6 Å². The van der Waals surface area contributed by atoms with Crippen molar-refractivity contribution >= 4 is 50.3 Å². The van der Waals surface area contributed by atoms with Crippen LogP contribution in [0.1, 0.15) is 18.7 Å². The molecule has 0 N–H and O–H groups in total. The smallest absolute Gasteiger partial charge is 0.111 e. The standard InChI is InChI=1S/C14H18BrClN2S/c1-19-9-3-2-8-18-13-10-11(15)4-5-12(13)17-14(18)6-7-16/h4-5,10H,2-3,6-9H2,1H3. The number of hydrogen-bond donors (Lipinski definition) is 0. The van der Waals surface area contributed by atoms with Crippen molar-refractivity contribution in [2.24, 2.45) is 0 Å². The monoisotopic (exact) mass is 360 g/mol. The second kappa shape index (κ2) is 7.55. The summed E-state index contributed by atoms with van der Waals surface area (Å²) in [6.07, 6.45) is 5.42. The van der Waals surface area contributed by atoms with Gasteiger partial charge in [-0.1, -0.05) is 15.9 Å². The predicted octanol–water partition coefficient (Wildman–Crippen LogP) is 4.72. The van der Waals surface area contributed by atoms with E-state index in [1.807, 2.05) is 17.8 Å². The van der Waals surface area contributed by atoms with Gasteiger partial charge in [-0.25, -0.2) is 4.98 Å². The van der Waals surface area contributed by atoms with Crippen LogP contribution in [0.15, 0.2) is 22.7 Å². The third-order valence-electron chi connectivity index (χ3n) is 3.09. The van der Waals surface area contributed by atoms with E-state index in [1.165, 1.54) is 24.1 Å². The lowest BCUT2D eigenvalue weighted by Gasteiger charge is -2.08. The van der Waals surface area contributed by atoms with E-state index in [4.69, 9.17) is 16.6 Å². The molecule has 0 fully saturated rings. The van der Waals surface area contributed by atoms with Crippen LogP contribution >= 0.6 is 39.3 Å². The molecule has 0 aliphatic heterocycles. The van der Waals surface area contributed by atoms with E-state index in [2.05, 4.69) is 38.9 Å². The maximum atomic E-state index is 5.88. The summed E-state index contributed by atoms with van der Waals surface area (Å²) >= 11 is 11.3. The first-order valence-electron chi connectivity index (χ1n) is 6.46.